The van der Waals surface area contributed by atoms with Crippen LogP contribution in [0.5, 0.6) is 0 Å². The Morgan fingerprint density at radius 2 is 2.31 bits per heavy atom. The third kappa shape index (κ3) is 0.954. The number of hydrogen-bond donors (Lipinski definition) is 1. The molecule has 0 saturated heterocycles. The number of fused-ring (bicyclic) bond motifs is 1. The van der Waals surface area contributed by atoms with Crippen molar-refractivity contribution in [1.82, 2.24) is 14.6 Å². The van der Waals surface area contributed by atoms with Crippen molar-refractivity contribution in [3.05, 3.63) is 30.2 Å². The fourth-order valence-corrected chi connectivity index (χ4v) is 1.49. The maximum absolute atomic E-state index is 6.05. The van der Waals surface area contributed by atoms with E-state index in [1.807, 2.05) is 18.5 Å². The van der Waals surface area contributed by atoms with E-state index in [4.69, 9.17) is 5.73 Å². The van der Waals surface area contributed by atoms with Crippen LogP contribution in [0.4, 0.5) is 0 Å². The Hall–Kier alpha value is -1.42. The largest absolute Gasteiger partial charge is 0.321 e. The van der Waals surface area contributed by atoms with Gasteiger partial charge in [0.1, 0.15) is 0 Å². The van der Waals surface area contributed by atoms with Crippen molar-refractivity contribution < 1.29 is 0 Å². The van der Waals surface area contributed by atoms with Crippen molar-refractivity contribution in [3.8, 4) is 0 Å². The summed E-state index contributed by atoms with van der Waals surface area (Å²) in [6.07, 6.45) is 7.67. The maximum Gasteiger partial charge on any atom is 0.154 e. The van der Waals surface area contributed by atoms with Gasteiger partial charge in [-0.25, -0.2) is 9.50 Å². The highest BCUT2D eigenvalue weighted by atomic mass is 15.2. The minimum absolute atomic E-state index is 0.118. The molecule has 1 fully saturated rings. The summed E-state index contributed by atoms with van der Waals surface area (Å²) in [5.41, 5.74) is 7.88. The van der Waals surface area contributed by atoms with Crippen LogP contribution >= 0.6 is 0 Å². The van der Waals surface area contributed by atoms with Crippen LogP contribution < -0.4 is 5.73 Å². The van der Waals surface area contributed by atoms with Gasteiger partial charge in [-0.3, -0.25) is 0 Å². The molecule has 0 unspecified atom stereocenters. The number of aromatic nitrogens is 3. The molecule has 1 aliphatic carbocycles. The Labute approximate surface area is 75.4 Å². The first kappa shape index (κ1) is 7.03. The minimum Gasteiger partial charge on any atom is -0.321 e. The van der Waals surface area contributed by atoms with Gasteiger partial charge in [0.05, 0.1) is 6.20 Å². The van der Waals surface area contributed by atoms with Gasteiger partial charge >= 0.3 is 0 Å². The van der Waals surface area contributed by atoms with Gasteiger partial charge in [0.25, 0.3) is 0 Å². The molecular formula is C9H10N4. The number of rotatable bonds is 1. The molecule has 0 spiro atoms. The first-order valence-corrected chi connectivity index (χ1v) is 4.37. The lowest BCUT2D eigenvalue weighted by atomic mass is 10.1. The molecule has 3 rings (SSSR count). The molecule has 1 saturated carbocycles. The molecule has 4 nitrogen and oxygen atoms in total. The van der Waals surface area contributed by atoms with Crippen LogP contribution in [-0.2, 0) is 5.54 Å². The van der Waals surface area contributed by atoms with Gasteiger partial charge in [-0.2, -0.15) is 5.10 Å². The summed E-state index contributed by atoms with van der Waals surface area (Å²) >= 11 is 0. The van der Waals surface area contributed by atoms with Gasteiger partial charge in [0.15, 0.2) is 5.65 Å². The average molecular weight is 174 g/mol. The molecule has 0 atom stereocenters. The molecule has 2 heterocycles. The van der Waals surface area contributed by atoms with Crippen molar-refractivity contribution in [3.63, 3.8) is 0 Å². The number of hydrogen-bond acceptors (Lipinski definition) is 3. The van der Waals surface area contributed by atoms with E-state index in [1.165, 1.54) is 0 Å². The van der Waals surface area contributed by atoms with Crippen LogP contribution in [0, 0.1) is 0 Å². The summed E-state index contributed by atoms with van der Waals surface area (Å²) in [4.78, 5) is 4.27. The Morgan fingerprint density at radius 3 is 3.08 bits per heavy atom. The molecule has 2 aromatic rings. The maximum atomic E-state index is 6.05. The van der Waals surface area contributed by atoms with E-state index in [1.54, 1.807) is 10.7 Å². The van der Waals surface area contributed by atoms with Crippen LogP contribution in [0.15, 0.2) is 24.7 Å². The average Bonchev–Trinajstić information content (AvgIpc) is 2.74. The van der Waals surface area contributed by atoms with Crippen LogP contribution in [0.25, 0.3) is 5.65 Å². The summed E-state index contributed by atoms with van der Waals surface area (Å²) < 4.78 is 1.77. The van der Waals surface area contributed by atoms with Crippen LogP contribution in [0.3, 0.4) is 0 Å². The van der Waals surface area contributed by atoms with Crippen molar-refractivity contribution in [2.45, 2.75) is 18.4 Å². The second-order valence-electron chi connectivity index (χ2n) is 3.63. The molecule has 2 N–H and O–H groups in total. The summed E-state index contributed by atoms with van der Waals surface area (Å²) in [5.74, 6) is 0. The summed E-state index contributed by atoms with van der Waals surface area (Å²) in [5, 5.41) is 4.12. The zero-order chi connectivity index (χ0) is 8.89. The third-order valence-corrected chi connectivity index (χ3v) is 2.61. The highest BCUT2D eigenvalue weighted by Gasteiger charge is 2.40. The second-order valence-corrected chi connectivity index (χ2v) is 3.63. The van der Waals surface area contributed by atoms with Gasteiger partial charge < -0.3 is 5.73 Å². The Balaban J connectivity index is 2.20. The molecule has 2 aromatic heterocycles. The molecule has 0 radical (unpaired) electrons. The first-order valence-electron chi connectivity index (χ1n) is 4.37. The highest BCUT2D eigenvalue weighted by molar-refractivity contribution is 5.38. The molecule has 0 amide bonds. The number of nitrogens with zero attached hydrogens (tertiary/aromatic N) is 3. The molecule has 0 bridgehead atoms. The predicted molar refractivity (Wildman–Crippen MR) is 48.1 cm³/mol. The molecule has 1 aliphatic rings. The third-order valence-electron chi connectivity index (χ3n) is 2.61. The van der Waals surface area contributed by atoms with Crippen LogP contribution in [0.1, 0.15) is 18.4 Å². The zero-order valence-electron chi connectivity index (χ0n) is 7.14. The molecule has 0 aromatic carbocycles. The van der Waals surface area contributed by atoms with Crippen molar-refractivity contribution in [2.75, 3.05) is 0 Å². The zero-order valence-corrected chi connectivity index (χ0v) is 7.14. The lowest BCUT2D eigenvalue weighted by Crippen LogP contribution is -2.19. The summed E-state index contributed by atoms with van der Waals surface area (Å²) in [7, 11) is 0. The molecule has 13 heavy (non-hydrogen) atoms. The predicted octanol–water partition coefficient (Wildman–Crippen LogP) is 0.677. The molecular weight excluding hydrogens is 164 g/mol. The van der Waals surface area contributed by atoms with E-state index in [-0.39, 0.29) is 5.54 Å². The van der Waals surface area contributed by atoms with Gasteiger partial charge in [-0.15, -0.1) is 0 Å². The smallest absolute Gasteiger partial charge is 0.154 e. The van der Waals surface area contributed by atoms with E-state index < -0.39 is 0 Å². The van der Waals surface area contributed by atoms with Gasteiger partial charge in [0, 0.05) is 29.6 Å². The lowest BCUT2D eigenvalue weighted by molar-refractivity contribution is 0.719. The monoisotopic (exact) mass is 174 g/mol. The fraction of sp³-hybridized carbons (Fsp3) is 0.333. The lowest BCUT2D eigenvalue weighted by Gasteiger charge is -2.07. The van der Waals surface area contributed by atoms with Crippen LogP contribution in [-0.4, -0.2) is 14.6 Å². The van der Waals surface area contributed by atoms with E-state index >= 15 is 0 Å². The molecule has 0 aliphatic heterocycles. The van der Waals surface area contributed by atoms with Gasteiger partial charge in [-0.1, -0.05) is 0 Å². The number of nitrogens with two attached hydrogens (primary N) is 1. The molecule has 66 valence electrons. The van der Waals surface area contributed by atoms with E-state index in [9.17, 15) is 0 Å². The molecule has 4 heteroatoms. The van der Waals surface area contributed by atoms with E-state index in [0.717, 1.165) is 24.1 Å². The topological polar surface area (TPSA) is 56.2 Å². The normalized spacial score (nSPS) is 19.2. The standard InChI is InChI=1S/C9H10N4/c10-9(2-3-9)7-5-11-8-1-4-12-13(8)6-7/h1,4-6H,2-3,10H2. The fourth-order valence-electron chi connectivity index (χ4n) is 1.49. The van der Waals surface area contributed by atoms with Gasteiger partial charge in [0.2, 0.25) is 0 Å². The quantitative estimate of drug-likeness (QED) is 0.691. The van der Waals surface area contributed by atoms with E-state index in [2.05, 4.69) is 10.1 Å². The SMILES string of the molecule is NC1(c2cnc3ccnn3c2)CC1. The highest BCUT2D eigenvalue weighted by Crippen LogP contribution is 2.42. The second kappa shape index (κ2) is 2.09. The minimum atomic E-state index is -0.118. The Morgan fingerprint density at radius 1 is 1.46 bits per heavy atom. The van der Waals surface area contributed by atoms with E-state index in [0.29, 0.717) is 0 Å². The van der Waals surface area contributed by atoms with Crippen molar-refractivity contribution in [2.24, 2.45) is 5.73 Å². The van der Waals surface area contributed by atoms with Gasteiger partial charge in [-0.05, 0) is 12.8 Å². The first-order chi connectivity index (χ1) is 6.28. The summed E-state index contributed by atoms with van der Waals surface area (Å²) in [6.45, 7) is 0. The Bertz CT molecular complexity index is 455. The van der Waals surface area contributed by atoms with Crippen molar-refractivity contribution in [1.29, 1.82) is 0 Å². The Kier molecular flexibility index (Phi) is 1.13. The van der Waals surface area contributed by atoms with Crippen molar-refractivity contribution >= 4 is 5.65 Å². The van der Waals surface area contributed by atoms with Crippen LogP contribution in [0.2, 0.25) is 0 Å². The summed E-state index contributed by atoms with van der Waals surface area (Å²) in [6, 6.07) is 1.87.